The zero-order valence-corrected chi connectivity index (χ0v) is 10.9. The highest BCUT2D eigenvalue weighted by Gasteiger charge is 2.25. The molecule has 0 radical (unpaired) electrons. The number of aromatic carboxylic acids is 1. The summed E-state index contributed by atoms with van der Waals surface area (Å²) in [6.07, 6.45) is 0.631. The van der Waals surface area contributed by atoms with E-state index in [1.807, 2.05) is 24.3 Å². The number of nitrogens with one attached hydrogen (secondary N) is 1. The number of rotatable bonds is 3. The topological polar surface area (TPSA) is 102 Å². The van der Waals surface area contributed by atoms with Crippen molar-refractivity contribution in [1.29, 1.82) is 0 Å². The van der Waals surface area contributed by atoms with Crippen molar-refractivity contribution in [3.63, 3.8) is 0 Å². The summed E-state index contributed by atoms with van der Waals surface area (Å²) in [4.78, 5) is 22.8. The molecule has 1 amide bonds. The molecule has 0 aliphatic carbocycles. The van der Waals surface area contributed by atoms with Gasteiger partial charge in [-0.15, -0.1) is 0 Å². The van der Waals surface area contributed by atoms with Gasteiger partial charge in [0.05, 0.1) is 12.6 Å². The monoisotopic (exact) mass is 288 g/mol. The fourth-order valence-electron chi connectivity index (χ4n) is 2.21. The number of ether oxygens (including phenoxy) is 1. The lowest BCUT2D eigenvalue weighted by Gasteiger charge is -2.26. The van der Waals surface area contributed by atoms with Crippen molar-refractivity contribution in [2.75, 3.05) is 6.61 Å². The molecule has 1 aliphatic heterocycles. The van der Waals surface area contributed by atoms with Crippen molar-refractivity contribution in [3.05, 3.63) is 47.3 Å². The van der Waals surface area contributed by atoms with E-state index in [0.717, 1.165) is 17.4 Å². The van der Waals surface area contributed by atoms with Gasteiger partial charge in [0, 0.05) is 18.1 Å². The van der Waals surface area contributed by atoms with Gasteiger partial charge >= 0.3 is 5.97 Å². The Kier molecular flexibility index (Phi) is 3.31. The summed E-state index contributed by atoms with van der Waals surface area (Å²) in [5.41, 5.74) is 0.829. The van der Waals surface area contributed by atoms with E-state index < -0.39 is 11.9 Å². The molecule has 21 heavy (non-hydrogen) atoms. The van der Waals surface area contributed by atoms with Crippen LogP contribution in [0.15, 0.2) is 34.9 Å². The first kappa shape index (κ1) is 13.2. The molecule has 7 heteroatoms. The number of fused-ring (bicyclic) bond motifs is 1. The van der Waals surface area contributed by atoms with Crippen molar-refractivity contribution in [2.45, 2.75) is 12.5 Å². The van der Waals surface area contributed by atoms with E-state index in [-0.39, 0.29) is 17.5 Å². The Labute approximate surface area is 119 Å². The van der Waals surface area contributed by atoms with Gasteiger partial charge in [-0.05, 0) is 6.07 Å². The van der Waals surface area contributed by atoms with Crippen molar-refractivity contribution >= 4 is 11.9 Å². The SMILES string of the molecule is O=C(NC1CCOc2ccccc21)c1cc(C(=O)O)on1. The van der Waals surface area contributed by atoms with Crippen LogP contribution in [0.3, 0.4) is 0 Å². The lowest BCUT2D eigenvalue weighted by Crippen LogP contribution is -2.32. The molecule has 2 heterocycles. The zero-order chi connectivity index (χ0) is 14.8. The Morgan fingerprint density at radius 3 is 2.90 bits per heavy atom. The number of hydrogen-bond donors (Lipinski definition) is 2. The number of amides is 1. The van der Waals surface area contributed by atoms with Crippen molar-refractivity contribution in [3.8, 4) is 5.75 Å². The van der Waals surface area contributed by atoms with Gasteiger partial charge in [0.25, 0.3) is 5.91 Å². The molecule has 2 aromatic rings. The second-order valence-electron chi connectivity index (χ2n) is 4.58. The van der Waals surface area contributed by atoms with E-state index >= 15 is 0 Å². The number of benzene rings is 1. The summed E-state index contributed by atoms with van der Waals surface area (Å²) in [6, 6.07) is 8.35. The molecule has 0 spiro atoms. The summed E-state index contributed by atoms with van der Waals surface area (Å²) in [5, 5.41) is 15.0. The Balaban J connectivity index is 1.77. The van der Waals surface area contributed by atoms with Gasteiger partial charge in [0.1, 0.15) is 5.75 Å². The van der Waals surface area contributed by atoms with Crippen molar-refractivity contribution in [2.24, 2.45) is 0 Å². The molecule has 2 N–H and O–H groups in total. The molecule has 108 valence electrons. The largest absolute Gasteiger partial charge is 0.493 e. The number of carboxylic acids is 1. The number of aromatic nitrogens is 1. The predicted octanol–water partition coefficient (Wildman–Crippen LogP) is 1.63. The maximum absolute atomic E-state index is 12.1. The second kappa shape index (κ2) is 5.28. The first-order valence-electron chi connectivity index (χ1n) is 6.38. The van der Waals surface area contributed by atoms with Crippen LogP contribution >= 0.6 is 0 Å². The molecule has 0 saturated carbocycles. The van der Waals surface area contributed by atoms with Crippen LogP contribution in [-0.2, 0) is 0 Å². The Morgan fingerprint density at radius 1 is 1.33 bits per heavy atom. The van der Waals surface area contributed by atoms with Gasteiger partial charge in [-0.25, -0.2) is 4.79 Å². The first-order valence-corrected chi connectivity index (χ1v) is 6.38. The summed E-state index contributed by atoms with van der Waals surface area (Å²) in [5.74, 6) is -1.38. The number of carboxylic acid groups (broad SMARTS) is 1. The average Bonchev–Trinajstić information content (AvgIpc) is 2.98. The average molecular weight is 288 g/mol. The molecule has 1 unspecified atom stereocenters. The van der Waals surface area contributed by atoms with E-state index in [2.05, 4.69) is 15.0 Å². The van der Waals surface area contributed by atoms with Crippen LogP contribution in [0.1, 0.15) is 39.1 Å². The van der Waals surface area contributed by atoms with E-state index in [1.54, 1.807) is 0 Å². The Hall–Kier alpha value is -2.83. The molecule has 7 nitrogen and oxygen atoms in total. The lowest BCUT2D eigenvalue weighted by atomic mass is 10.0. The third-order valence-corrected chi connectivity index (χ3v) is 3.22. The summed E-state index contributed by atoms with van der Waals surface area (Å²) >= 11 is 0. The molecule has 0 fully saturated rings. The van der Waals surface area contributed by atoms with Crippen LogP contribution in [0.5, 0.6) is 5.75 Å². The molecule has 3 rings (SSSR count). The van der Waals surface area contributed by atoms with Crippen LogP contribution in [0.2, 0.25) is 0 Å². The minimum absolute atomic E-state index is 0.0589. The molecule has 1 atom stereocenters. The molecule has 0 bridgehead atoms. The van der Waals surface area contributed by atoms with Crippen LogP contribution in [-0.4, -0.2) is 28.7 Å². The molecular weight excluding hydrogens is 276 g/mol. The van der Waals surface area contributed by atoms with E-state index in [9.17, 15) is 9.59 Å². The van der Waals surface area contributed by atoms with Gasteiger partial charge < -0.3 is 19.7 Å². The Morgan fingerprint density at radius 2 is 2.14 bits per heavy atom. The summed E-state index contributed by atoms with van der Waals surface area (Å²) < 4.78 is 10.1. The number of hydrogen-bond acceptors (Lipinski definition) is 5. The van der Waals surface area contributed by atoms with Gasteiger partial charge in [0.2, 0.25) is 5.76 Å². The number of para-hydroxylation sites is 1. The van der Waals surface area contributed by atoms with Gasteiger partial charge in [-0.2, -0.15) is 0 Å². The van der Waals surface area contributed by atoms with Crippen molar-refractivity contribution in [1.82, 2.24) is 10.5 Å². The van der Waals surface area contributed by atoms with Crippen LogP contribution < -0.4 is 10.1 Å². The summed E-state index contributed by atoms with van der Waals surface area (Å²) in [7, 11) is 0. The number of nitrogens with zero attached hydrogens (tertiary/aromatic N) is 1. The van der Waals surface area contributed by atoms with Crippen molar-refractivity contribution < 1.29 is 24.0 Å². The van der Waals surface area contributed by atoms with Gasteiger partial charge in [-0.3, -0.25) is 4.79 Å². The fraction of sp³-hybridized carbons (Fsp3) is 0.214. The first-order chi connectivity index (χ1) is 10.1. The second-order valence-corrected chi connectivity index (χ2v) is 4.58. The molecule has 1 aromatic carbocycles. The maximum Gasteiger partial charge on any atom is 0.374 e. The number of carbonyl (C=O) groups is 2. The summed E-state index contributed by atoms with van der Waals surface area (Å²) in [6.45, 7) is 0.501. The molecular formula is C14H12N2O5. The quantitative estimate of drug-likeness (QED) is 0.890. The minimum Gasteiger partial charge on any atom is -0.493 e. The highest BCUT2D eigenvalue weighted by Crippen LogP contribution is 2.31. The third kappa shape index (κ3) is 2.58. The lowest BCUT2D eigenvalue weighted by molar-refractivity contribution is 0.0650. The molecule has 1 aromatic heterocycles. The highest BCUT2D eigenvalue weighted by atomic mass is 16.5. The Bertz CT molecular complexity index is 694. The predicted molar refractivity (Wildman–Crippen MR) is 70.2 cm³/mol. The smallest absolute Gasteiger partial charge is 0.374 e. The fourth-order valence-corrected chi connectivity index (χ4v) is 2.21. The maximum atomic E-state index is 12.1. The van der Waals surface area contributed by atoms with E-state index in [4.69, 9.17) is 9.84 Å². The van der Waals surface area contributed by atoms with E-state index in [1.165, 1.54) is 0 Å². The zero-order valence-electron chi connectivity index (χ0n) is 10.9. The molecule has 0 saturated heterocycles. The minimum atomic E-state index is -1.27. The van der Waals surface area contributed by atoms with E-state index in [0.29, 0.717) is 13.0 Å². The highest BCUT2D eigenvalue weighted by molar-refractivity contribution is 5.95. The molecule has 1 aliphatic rings. The number of carbonyl (C=O) groups excluding carboxylic acids is 1. The van der Waals surface area contributed by atoms with Gasteiger partial charge in [0.15, 0.2) is 5.69 Å². The standard InChI is InChI=1S/C14H12N2O5/c17-13(10-7-12(14(18)19)21-16-10)15-9-5-6-20-11-4-2-1-3-8(9)11/h1-4,7,9H,5-6H2,(H,15,17)(H,18,19). The van der Waals surface area contributed by atoms with Crippen LogP contribution in [0.4, 0.5) is 0 Å². The van der Waals surface area contributed by atoms with Crippen LogP contribution in [0, 0.1) is 0 Å². The van der Waals surface area contributed by atoms with Gasteiger partial charge in [-0.1, -0.05) is 23.4 Å². The third-order valence-electron chi connectivity index (χ3n) is 3.22. The van der Waals surface area contributed by atoms with Crippen LogP contribution in [0.25, 0.3) is 0 Å². The normalized spacial score (nSPS) is 16.7.